The summed E-state index contributed by atoms with van der Waals surface area (Å²) < 4.78 is 0. The molecular weight excluding hydrogens is 238 g/mol. The van der Waals surface area contributed by atoms with Gasteiger partial charge >= 0.3 is 0 Å². The molecule has 0 heterocycles. The van der Waals surface area contributed by atoms with E-state index in [-0.39, 0.29) is 5.57 Å². The molecule has 0 saturated carbocycles. The maximum atomic E-state index is 12.0. The zero-order chi connectivity index (χ0) is 14.4. The van der Waals surface area contributed by atoms with Gasteiger partial charge in [0.05, 0.1) is 0 Å². The van der Waals surface area contributed by atoms with E-state index in [9.17, 15) is 4.79 Å². The number of hydrogen-bond acceptors (Lipinski definition) is 3. The van der Waals surface area contributed by atoms with Crippen LogP contribution in [-0.4, -0.2) is 13.0 Å². The molecule has 100 valence electrons. The molecule has 19 heavy (non-hydrogen) atoms. The summed E-state index contributed by atoms with van der Waals surface area (Å²) in [5.74, 6) is -0.0953. The van der Waals surface area contributed by atoms with Crippen LogP contribution in [0.3, 0.4) is 0 Å². The molecule has 1 rings (SSSR count). The lowest BCUT2D eigenvalue weighted by Crippen LogP contribution is -2.17. The van der Waals surface area contributed by atoms with Gasteiger partial charge in [0, 0.05) is 18.9 Å². The highest BCUT2D eigenvalue weighted by Gasteiger charge is 2.14. The highest BCUT2D eigenvalue weighted by atomic mass is 16.1. The second-order valence-corrected chi connectivity index (χ2v) is 4.61. The molecule has 4 heteroatoms. The van der Waals surface area contributed by atoms with E-state index in [4.69, 9.17) is 5.26 Å². The number of benzene rings is 1. The summed E-state index contributed by atoms with van der Waals surface area (Å²) in [5, 5.41) is 14.5. The van der Waals surface area contributed by atoms with Gasteiger partial charge in [-0.15, -0.1) is 0 Å². The molecule has 0 fully saturated rings. The third-order valence-corrected chi connectivity index (χ3v) is 2.82. The van der Waals surface area contributed by atoms with Gasteiger partial charge in [0.15, 0.2) is 0 Å². The van der Waals surface area contributed by atoms with Gasteiger partial charge in [0.1, 0.15) is 11.6 Å². The number of amides is 1. The summed E-state index contributed by atoms with van der Waals surface area (Å²) in [5.41, 5.74) is 2.90. The molecule has 0 bridgehead atoms. The number of nitrogens with zero attached hydrogens (tertiary/aromatic N) is 1. The Kier molecular flexibility index (Phi) is 5.13. The molecule has 0 spiro atoms. The fraction of sp³-hybridized carbons (Fsp3) is 0.333. The highest BCUT2D eigenvalue weighted by Crippen LogP contribution is 2.27. The molecule has 0 aliphatic heterocycles. The van der Waals surface area contributed by atoms with Gasteiger partial charge in [-0.1, -0.05) is 32.0 Å². The molecule has 4 nitrogen and oxygen atoms in total. The Morgan fingerprint density at radius 3 is 2.63 bits per heavy atom. The van der Waals surface area contributed by atoms with Crippen molar-refractivity contribution < 1.29 is 4.79 Å². The normalized spacial score (nSPS) is 11.1. The first-order chi connectivity index (χ1) is 9.01. The summed E-state index contributed by atoms with van der Waals surface area (Å²) in [7, 11) is 1.65. The van der Waals surface area contributed by atoms with Gasteiger partial charge < -0.3 is 10.6 Å². The Labute approximate surface area is 114 Å². The Morgan fingerprint density at radius 2 is 2.11 bits per heavy atom. The van der Waals surface area contributed by atoms with Gasteiger partial charge in [-0.05, 0) is 24.0 Å². The molecule has 0 saturated heterocycles. The average molecular weight is 257 g/mol. The standard InChI is InChI=1S/C15H19N3O/c1-10(2)13-7-5-6-11(3)14(13)18-15(19)12(8-16)9-17-4/h5-7,9-10,17H,1-4H3,(H,18,19)/b12-9-. The van der Waals surface area contributed by atoms with Crippen molar-refractivity contribution in [3.63, 3.8) is 0 Å². The first kappa shape index (κ1) is 14.8. The summed E-state index contributed by atoms with van der Waals surface area (Å²) in [4.78, 5) is 12.0. The number of hydrogen-bond donors (Lipinski definition) is 2. The number of anilines is 1. The first-order valence-electron chi connectivity index (χ1n) is 6.19. The number of nitrogens with one attached hydrogen (secondary N) is 2. The van der Waals surface area contributed by atoms with Crippen LogP contribution in [0.15, 0.2) is 30.0 Å². The van der Waals surface area contributed by atoms with Crippen LogP contribution in [0.4, 0.5) is 5.69 Å². The van der Waals surface area contributed by atoms with Gasteiger partial charge in [0.2, 0.25) is 0 Å². The Bertz CT molecular complexity index is 539. The Hall–Kier alpha value is -2.28. The summed E-state index contributed by atoms with van der Waals surface area (Å²) in [6, 6.07) is 7.77. The van der Waals surface area contributed by atoms with Gasteiger partial charge in [-0.25, -0.2) is 0 Å². The summed E-state index contributed by atoms with van der Waals surface area (Å²) in [6.45, 7) is 6.08. The largest absolute Gasteiger partial charge is 0.393 e. The zero-order valence-corrected chi connectivity index (χ0v) is 11.7. The minimum atomic E-state index is -0.395. The SMILES string of the molecule is CN/C=C(/C#N)C(=O)Nc1c(C)cccc1C(C)C. The van der Waals surface area contributed by atoms with Crippen molar-refractivity contribution >= 4 is 11.6 Å². The quantitative estimate of drug-likeness (QED) is 0.644. The molecule has 0 aliphatic rings. The summed E-state index contributed by atoms with van der Waals surface area (Å²) >= 11 is 0. The predicted octanol–water partition coefficient (Wildman–Crippen LogP) is 2.68. The van der Waals surface area contributed by atoms with E-state index >= 15 is 0 Å². The van der Waals surface area contributed by atoms with Crippen molar-refractivity contribution in [1.29, 1.82) is 5.26 Å². The molecule has 1 amide bonds. The van der Waals surface area contributed by atoms with E-state index < -0.39 is 5.91 Å². The third kappa shape index (κ3) is 3.59. The lowest BCUT2D eigenvalue weighted by atomic mass is 9.98. The van der Waals surface area contributed by atoms with E-state index in [1.54, 1.807) is 7.05 Å². The second kappa shape index (κ2) is 6.60. The lowest BCUT2D eigenvalue weighted by molar-refractivity contribution is -0.112. The van der Waals surface area contributed by atoms with Crippen molar-refractivity contribution in [1.82, 2.24) is 5.32 Å². The maximum absolute atomic E-state index is 12.0. The number of aryl methyl sites for hydroxylation is 1. The molecule has 0 unspecified atom stereocenters. The van der Waals surface area contributed by atoms with Crippen LogP contribution in [0.2, 0.25) is 0 Å². The molecule has 0 radical (unpaired) electrons. The minimum absolute atomic E-state index is 0.0560. The third-order valence-electron chi connectivity index (χ3n) is 2.82. The lowest BCUT2D eigenvalue weighted by Gasteiger charge is -2.16. The van der Waals surface area contributed by atoms with Crippen LogP contribution >= 0.6 is 0 Å². The van der Waals surface area contributed by atoms with Crippen LogP contribution in [0, 0.1) is 18.3 Å². The molecule has 0 aliphatic carbocycles. The fourth-order valence-electron chi connectivity index (χ4n) is 1.82. The first-order valence-corrected chi connectivity index (χ1v) is 6.19. The number of carbonyl (C=O) groups excluding carboxylic acids is 1. The van der Waals surface area contributed by atoms with E-state index in [0.717, 1.165) is 16.8 Å². The predicted molar refractivity (Wildman–Crippen MR) is 76.7 cm³/mol. The van der Waals surface area contributed by atoms with Crippen molar-refractivity contribution in [2.75, 3.05) is 12.4 Å². The Balaban J connectivity index is 3.10. The van der Waals surface area contributed by atoms with Crippen LogP contribution in [0.25, 0.3) is 0 Å². The van der Waals surface area contributed by atoms with Gasteiger partial charge in [0.25, 0.3) is 5.91 Å². The monoisotopic (exact) mass is 257 g/mol. The number of rotatable bonds is 4. The smallest absolute Gasteiger partial charge is 0.267 e. The number of nitriles is 1. The van der Waals surface area contributed by atoms with Crippen LogP contribution in [0.1, 0.15) is 30.9 Å². The van der Waals surface area contributed by atoms with E-state index in [2.05, 4.69) is 24.5 Å². The molecule has 0 aromatic heterocycles. The highest BCUT2D eigenvalue weighted by molar-refractivity contribution is 6.07. The van der Waals surface area contributed by atoms with Crippen molar-refractivity contribution in [3.8, 4) is 6.07 Å². The van der Waals surface area contributed by atoms with Crippen molar-refractivity contribution in [2.45, 2.75) is 26.7 Å². The number of para-hydroxylation sites is 1. The van der Waals surface area contributed by atoms with Crippen LogP contribution < -0.4 is 10.6 Å². The minimum Gasteiger partial charge on any atom is -0.393 e. The molecule has 1 aromatic rings. The Morgan fingerprint density at radius 1 is 1.42 bits per heavy atom. The van der Waals surface area contributed by atoms with Crippen molar-refractivity contribution in [3.05, 3.63) is 41.1 Å². The second-order valence-electron chi connectivity index (χ2n) is 4.61. The molecular formula is C15H19N3O. The molecule has 0 atom stereocenters. The number of carbonyl (C=O) groups is 1. The van der Waals surface area contributed by atoms with E-state index in [1.807, 2.05) is 31.2 Å². The van der Waals surface area contributed by atoms with Gasteiger partial charge in [-0.2, -0.15) is 5.26 Å². The topological polar surface area (TPSA) is 64.9 Å². The van der Waals surface area contributed by atoms with E-state index in [0.29, 0.717) is 5.92 Å². The van der Waals surface area contributed by atoms with Gasteiger partial charge in [-0.3, -0.25) is 4.79 Å². The summed E-state index contributed by atoms with van der Waals surface area (Å²) in [6.07, 6.45) is 1.39. The molecule has 2 N–H and O–H groups in total. The maximum Gasteiger partial charge on any atom is 0.267 e. The van der Waals surface area contributed by atoms with E-state index in [1.165, 1.54) is 6.20 Å². The zero-order valence-electron chi connectivity index (χ0n) is 11.7. The van der Waals surface area contributed by atoms with Crippen LogP contribution in [0.5, 0.6) is 0 Å². The average Bonchev–Trinajstić information content (AvgIpc) is 2.37. The van der Waals surface area contributed by atoms with Crippen LogP contribution in [-0.2, 0) is 4.79 Å². The van der Waals surface area contributed by atoms with Crippen molar-refractivity contribution in [2.24, 2.45) is 0 Å². The molecule has 1 aromatic carbocycles. The fourth-order valence-corrected chi connectivity index (χ4v) is 1.82.